The van der Waals surface area contributed by atoms with Gasteiger partial charge in [0.15, 0.2) is 0 Å². The second-order valence-corrected chi connectivity index (χ2v) is 22.1. The molecule has 3 heteroatoms. The van der Waals surface area contributed by atoms with E-state index < -0.39 is 0 Å². The van der Waals surface area contributed by atoms with Gasteiger partial charge >= 0.3 is 0 Å². The maximum absolute atomic E-state index is 6.60. The van der Waals surface area contributed by atoms with E-state index >= 15 is 0 Å². The van der Waals surface area contributed by atoms with Gasteiger partial charge in [0.25, 0.3) is 0 Å². The van der Waals surface area contributed by atoms with E-state index in [-0.39, 0.29) is 0 Å². The van der Waals surface area contributed by atoms with Crippen LogP contribution in [0.5, 0.6) is 11.5 Å². The highest BCUT2D eigenvalue weighted by molar-refractivity contribution is 5.64. The average Bonchev–Trinajstić information content (AvgIpc) is 3.64. The average molecular weight is 851 g/mol. The first-order chi connectivity index (χ1) is 30.2. The molecule has 0 unspecified atom stereocenters. The van der Waals surface area contributed by atoms with Gasteiger partial charge in [0.2, 0.25) is 0 Å². The molecule has 0 N–H and O–H groups in total. The van der Waals surface area contributed by atoms with Crippen molar-refractivity contribution in [3.8, 4) is 22.6 Å². The first-order valence-corrected chi connectivity index (χ1v) is 27.0. The van der Waals surface area contributed by atoms with Crippen LogP contribution in [0.2, 0.25) is 0 Å². The van der Waals surface area contributed by atoms with Crippen LogP contribution in [0.4, 0.5) is 0 Å². The van der Waals surface area contributed by atoms with Gasteiger partial charge in [0, 0.05) is 6.61 Å². The van der Waals surface area contributed by atoms with Crippen molar-refractivity contribution in [2.45, 2.75) is 221 Å². The van der Waals surface area contributed by atoms with E-state index in [1.54, 1.807) is 5.57 Å². The molecule has 3 fully saturated rings. The summed E-state index contributed by atoms with van der Waals surface area (Å²) in [6.07, 6.45) is 39.5. The summed E-state index contributed by atoms with van der Waals surface area (Å²) in [6, 6.07) is 17.2. The fourth-order valence-corrected chi connectivity index (χ4v) is 13.4. The molecular formula is C59H94O3. The van der Waals surface area contributed by atoms with Crippen molar-refractivity contribution in [2.75, 3.05) is 19.8 Å². The van der Waals surface area contributed by atoms with Crippen molar-refractivity contribution >= 4 is 0 Å². The zero-order chi connectivity index (χ0) is 43.6. The molecule has 0 radical (unpaired) electrons. The lowest BCUT2D eigenvalue weighted by atomic mass is 9.47. The molecule has 4 aliphatic rings. The van der Waals surface area contributed by atoms with E-state index in [0.29, 0.717) is 16.9 Å². The van der Waals surface area contributed by atoms with Crippen molar-refractivity contribution in [3.63, 3.8) is 0 Å². The van der Waals surface area contributed by atoms with Crippen LogP contribution in [-0.2, 0) is 4.74 Å². The quantitative estimate of drug-likeness (QED) is 0.0603. The van der Waals surface area contributed by atoms with Gasteiger partial charge in [-0.05, 0) is 152 Å². The van der Waals surface area contributed by atoms with Crippen LogP contribution < -0.4 is 9.47 Å². The van der Waals surface area contributed by atoms with Gasteiger partial charge in [-0.2, -0.15) is 0 Å². The third-order valence-electron chi connectivity index (χ3n) is 17.2. The molecule has 0 spiro atoms. The Morgan fingerprint density at radius 1 is 0.565 bits per heavy atom. The zero-order valence-corrected chi connectivity index (χ0v) is 41.2. The molecule has 0 bridgehead atoms. The van der Waals surface area contributed by atoms with Crippen LogP contribution >= 0.6 is 0 Å². The first-order valence-electron chi connectivity index (χ1n) is 27.0. The number of allylic oxidation sites excluding steroid dienone is 1. The number of benzene rings is 2. The normalized spacial score (nSPS) is 27.3. The van der Waals surface area contributed by atoms with Crippen LogP contribution in [0.25, 0.3) is 11.1 Å². The number of ether oxygens (including phenoxy) is 3. The van der Waals surface area contributed by atoms with Crippen LogP contribution in [0.3, 0.4) is 0 Å². The lowest BCUT2D eigenvalue weighted by molar-refractivity contribution is -0.0641. The van der Waals surface area contributed by atoms with Gasteiger partial charge in [-0.15, -0.1) is 0 Å². The molecule has 4 aliphatic carbocycles. The Kier molecular flexibility index (Phi) is 20.2. The van der Waals surface area contributed by atoms with Crippen molar-refractivity contribution in [2.24, 2.45) is 46.3 Å². The van der Waals surface area contributed by atoms with Crippen LogP contribution in [0, 0.1) is 46.3 Å². The summed E-state index contributed by atoms with van der Waals surface area (Å²) in [4.78, 5) is 0. The van der Waals surface area contributed by atoms with E-state index in [9.17, 15) is 0 Å². The molecule has 8 atom stereocenters. The largest absolute Gasteiger partial charge is 0.494 e. The van der Waals surface area contributed by atoms with Crippen LogP contribution in [-0.4, -0.2) is 25.9 Å². The van der Waals surface area contributed by atoms with Gasteiger partial charge in [-0.3, -0.25) is 0 Å². The van der Waals surface area contributed by atoms with Crippen LogP contribution in [0.15, 0.2) is 60.2 Å². The molecule has 2 aromatic carbocycles. The highest BCUT2D eigenvalue weighted by Gasteiger charge is 2.59. The zero-order valence-electron chi connectivity index (χ0n) is 41.2. The van der Waals surface area contributed by atoms with Crippen molar-refractivity contribution in [1.29, 1.82) is 0 Å². The number of fused-ring (bicyclic) bond motifs is 5. The fraction of sp³-hybridized carbons (Fsp3) is 0.763. The molecular weight excluding hydrogens is 757 g/mol. The van der Waals surface area contributed by atoms with Crippen LogP contribution in [0.1, 0.15) is 215 Å². The van der Waals surface area contributed by atoms with Crippen molar-refractivity contribution in [1.82, 2.24) is 0 Å². The predicted molar refractivity (Wildman–Crippen MR) is 265 cm³/mol. The molecule has 3 nitrogen and oxygen atoms in total. The third kappa shape index (κ3) is 13.9. The van der Waals surface area contributed by atoms with E-state index in [1.165, 1.54) is 172 Å². The standard InChI is InChI=1S/C59H94O3/c1-7-8-9-10-11-12-13-14-17-20-42-60-51-31-26-48(27-32-51)49-28-33-52(34-29-49)61-43-21-18-15-16-19-22-44-62-53-38-40-58(5)50(45-53)30-35-54-56-37-36-55(47(4)25-23-24-46(2)3)59(56,6)41-39-57(54)58/h26-34,46-47,53-57H,7-25,35-45H2,1-6H3/t47-,53+,54+,55-,56+,57+,58+,59-/m1/s1. The number of hydrogen-bond acceptors (Lipinski definition) is 3. The highest BCUT2D eigenvalue weighted by atomic mass is 16.5. The van der Waals surface area contributed by atoms with E-state index in [2.05, 4.69) is 96.1 Å². The molecule has 3 saturated carbocycles. The molecule has 0 amide bonds. The number of hydrogen-bond donors (Lipinski definition) is 0. The Hall–Kier alpha value is -2.26. The summed E-state index contributed by atoms with van der Waals surface area (Å²) >= 11 is 0. The Balaban J connectivity index is 0.782. The van der Waals surface area contributed by atoms with Gasteiger partial charge in [-0.1, -0.05) is 180 Å². The van der Waals surface area contributed by atoms with E-state index in [0.717, 1.165) is 79.7 Å². The second kappa shape index (κ2) is 25.4. The monoisotopic (exact) mass is 851 g/mol. The molecule has 348 valence electrons. The summed E-state index contributed by atoms with van der Waals surface area (Å²) in [5.41, 5.74) is 5.22. The summed E-state index contributed by atoms with van der Waals surface area (Å²) in [6.45, 7) is 17.6. The maximum atomic E-state index is 6.60. The SMILES string of the molecule is CCCCCCCCCCCCOc1ccc(-c2ccc(OCCCCCCCCO[C@H]3CC[C@@]4(C)C(=CC[C@H]5[C@@H]6CC[C@H]([C@H](C)CCCC(C)C)[C@@]6(C)CC[C@@H]54)C3)cc2)cc1. The Labute approximate surface area is 382 Å². The lowest BCUT2D eigenvalue weighted by Gasteiger charge is -2.58. The molecule has 0 aliphatic heterocycles. The van der Waals surface area contributed by atoms with Gasteiger partial charge in [0.1, 0.15) is 11.5 Å². The summed E-state index contributed by atoms with van der Waals surface area (Å²) in [5.74, 6) is 7.41. The number of rotatable bonds is 29. The summed E-state index contributed by atoms with van der Waals surface area (Å²) in [5, 5.41) is 0. The Bertz CT molecular complexity index is 1560. The summed E-state index contributed by atoms with van der Waals surface area (Å²) in [7, 11) is 0. The Morgan fingerprint density at radius 2 is 1.11 bits per heavy atom. The van der Waals surface area contributed by atoms with Gasteiger partial charge in [0.05, 0.1) is 19.3 Å². The predicted octanol–water partition coefficient (Wildman–Crippen LogP) is 17.8. The second-order valence-electron chi connectivity index (χ2n) is 22.1. The molecule has 0 saturated heterocycles. The maximum Gasteiger partial charge on any atom is 0.119 e. The molecule has 2 aromatic rings. The smallest absolute Gasteiger partial charge is 0.119 e. The Morgan fingerprint density at radius 3 is 1.68 bits per heavy atom. The third-order valence-corrected chi connectivity index (χ3v) is 17.2. The minimum atomic E-state index is 0.423. The minimum Gasteiger partial charge on any atom is -0.494 e. The minimum absolute atomic E-state index is 0.423. The molecule has 0 aromatic heterocycles. The lowest BCUT2D eigenvalue weighted by Crippen LogP contribution is -2.51. The van der Waals surface area contributed by atoms with Crippen molar-refractivity contribution < 1.29 is 14.2 Å². The summed E-state index contributed by atoms with van der Waals surface area (Å²) < 4.78 is 18.7. The fourth-order valence-electron chi connectivity index (χ4n) is 13.4. The van der Waals surface area contributed by atoms with Crippen molar-refractivity contribution in [3.05, 3.63) is 60.2 Å². The molecule has 62 heavy (non-hydrogen) atoms. The molecule has 6 rings (SSSR count). The van der Waals surface area contributed by atoms with E-state index in [4.69, 9.17) is 14.2 Å². The van der Waals surface area contributed by atoms with Gasteiger partial charge in [-0.25, -0.2) is 0 Å². The first kappa shape index (κ1) is 49.2. The molecule has 0 heterocycles. The van der Waals surface area contributed by atoms with E-state index in [1.807, 2.05) is 0 Å². The topological polar surface area (TPSA) is 27.7 Å². The highest BCUT2D eigenvalue weighted by Crippen LogP contribution is 2.67. The van der Waals surface area contributed by atoms with Gasteiger partial charge < -0.3 is 14.2 Å². The number of unbranched alkanes of at least 4 members (excludes halogenated alkanes) is 14.